The highest BCUT2D eigenvalue weighted by Gasteiger charge is 1.96. The van der Waals surface area contributed by atoms with E-state index in [0.717, 1.165) is 10.2 Å². The summed E-state index contributed by atoms with van der Waals surface area (Å²) in [6.45, 7) is 0. The van der Waals surface area contributed by atoms with Crippen molar-refractivity contribution in [3.05, 3.63) is 15.2 Å². The summed E-state index contributed by atoms with van der Waals surface area (Å²) in [6, 6.07) is 0. The summed E-state index contributed by atoms with van der Waals surface area (Å²) in [5, 5.41) is 3.93. The number of methoxy groups -OCH3 is 1. The van der Waals surface area contributed by atoms with Crippen molar-refractivity contribution in [2.75, 3.05) is 7.11 Å². The molecule has 8 heavy (non-hydrogen) atoms. The largest absolute Gasteiger partial charge is 0.495 e. The van der Waals surface area contributed by atoms with Crippen LogP contribution in [0.5, 0.6) is 5.75 Å². The van der Waals surface area contributed by atoms with Crippen LogP contribution >= 0.6 is 27.3 Å². The highest BCUT2D eigenvalue weighted by molar-refractivity contribution is 9.10. The molecule has 0 spiro atoms. The van der Waals surface area contributed by atoms with Crippen molar-refractivity contribution < 1.29 is 4.74 Å². The number of hydrogen-bond donors (Lipinski definition) is 0. The first-order valence-corrected chi connectivity index (χ1v) is 3.84. The van der Waals surface area contributed by atoms with E-state index in [-0.39, 0.29) is 0 Å². The minimum atomic E-state index is 0.912. The van der Waals surface area contributed by atoms with Crippen LogP contribution in [0.3, 0.4) is 0 Å². The molecule has 0 unspecified atom stereocenters. The third-order valence-corrected chi connectivity index (χ3v) is 2.45. The van der Waals surface area contributed by atoms with Crippen molar-refractivity contribution >= 4 is 27.3 Å². The minimum absolute atomic E-state index is 0.912. The Morgan fingerprint density at radius 2 is 2.38 bits per heavy atom. The van der Waals surface area contributed by atoms with Crippen molar-refractivity contribution in [3.63, 3.8) is 0 Å². The maximum atomic E-state index is 4.95. The van der Waals surface area contributed by atoms with E-state index in [1.54, 1.807) is 18.4 Å². The lowest BCUT2D eigenvalue weighted by Gasteiger charge is -1.91. The molecule has 1 aromatic rings. The molecule has 1 aromatic heterocycles. The average Bonchev–Trinajstić information content (AvgIpc) is 2.14. The predicted octanol–water partition coefficient (Wildman–Crippen LogP) is 2.52. The van der Waals surface area contributed by atoms with Crippen molar-refractivity contribution in [1.29, 1.82) is 0 Å². The average molecular weight is 193 g/mol. The lowest BCUT2D eigenvalue weighted by atomic mass is 10.6. The van der Waals surface area contributed by atoms with Gasteiger partial charge in [-0.25, -0.2) is 0 Å². The molecule has 0 aliphatic carbocycles. The molecule has 0 aliphatic heterocycles. The maximum Gasteiger partial charge on any atom is 0.143 e. The maximum absolute atomic E-state index is 4.95. The highest BCUT2D eigenvalue weighted by Crippen LogP contribution is 2.27. The molecule has 0 bridgehead atoms. The fourth-order valence-electron chi connectivity index (χ4n) is 0.416. The van der Waals surface area contributed by atoms with E-state index in [4.69, 9.17) is 4.74 Å². The third-order valence-electron chi connectivity index (χ3n) is 0.802. The predicted molar refractivity (Wildman–Crippen MR) is 38.6 cm³/mol. The minimum Gasteiger partial charge on any atom is -0.495 e. The quantitative estimate of drug-likeness (QED) is 0.665. The second kappa shape index (κ2) is 2.51. The molecule has 0 radical (unpaired) electrons. The van der Waals surface area contributed by atoms with Gasteiger partial charge in [-0.05, 0) is 15.9 Å². The molecular weight excluding hydrogens is 188 g/mol. The first-order chi connectivity index (χ1) is 3.84. The molecule has 0 saturated carbocycles. The van der Waals surface area contributed by atoms with Gasteiger partial charge in [0.25, 0.3) is 0 Å². The van der Waals surface area contributed by atoms with Crippen LogP contribution in [0.1, 0.15) is 0 Å². The van der Waals surface area contributed by atoms with Crippen LogP contribution in [0.15, 0.2) is 15.2 Å². The molecule has 1 rings (SSSR count). The molecule has 1 nitrogen and oxygen atoms in total. The van der Waals surface area contributed by atoms with Gasteiger partial charge in [-0.1, -0.05) is 0 Å². The molecular formula is C5H5BrOS. The fraction of sp³-hybridized carbons (Fsp3) is 0.200. The lowest BCUT2D eigenvalue weighted by molar-refractivity contribution is 0.414. The first kappa shape index (κ1) is 6.11. The van der Waals surface area contributed by atoms with Gasteiger partial charge >= 0.3 is 0 Å². The number of thiophene rings is 1. The molecule has 0 atom stereocenters. The summed E-state index contributed by atoms with van der Waals surface area (Å²) in [4.78, 5) is 0. The van der Waals surface area contributed by atoms with Crippen LogP contribution in [0, 0.1) is 0 Å². The topological polar surface area (TPSA) is 9.23 Å². The van der Waals surface area contributed by atoms with Crippen LogP contribution in [0.4, 0.5) is 0 Å². The zero-order chi connectivity index (χ0) is 5.98. The Balaban J connectivity index is 2.92. The summed E-state index contributed by atoms with van der Waals surface area (Å²) in [5.41, 5.74) is 0. The fourth-order valence-corrected chi connectivity index (χ4v) is 1.82. The first-order valence-electron chi connectivity index (χ1n) is 2.10. The number of ether oxygens (including phenoxy) is 1. The summed E-state index contributed by atoms with van der Waals surface area (Å²) >= 11 is 4.93. The molecule has 44 valence electrons. The summed E-state index contributed by atoms with van der Waals surface area (Å²) in [7, 11) is 1.66. The van der Waals surface area contributed by atoms with Gasteiger partial charge in [0.05, 0.1) is 11.6 Å². The van der Waals surface area contributed by atoms with Crippen molar-refractivity contribution in [1.82, 2.24) is 0 Å². The van der Waals surface area contributed by atoms with E-state index in [0.29, 0.717) is 0 Å². The zero-order valence-corrected chi connectivity index (χ0v) is 6.75. The van der Waals surface area contributed by atoms with Gasteiger partial charge in [0.2, 0.25) is 0 Å². The van der Waals surface area contributed by atoms with Crippen molar-refractivity contribution in [3.8, 4) is 5.75 Å². The van der Waals surface area contributed by atoms with Crippen LogP contribution in [-0.2, 0) is 0 Å². The normalized spacial score (nSPS) is 9.25. The smallest absolute Gasteiger partial charge is 0.143 e. The van der Waals surface area contributed by atoms with E-state index >= 15 is 0 Å². The number of hydrogen-bond acceptors (Lipinski definition) is 2. The molecule has 3 heteroatoms. The second-order valence-electron chi connectivity index (χ2n) is 1.29. The molecule has 0 aromatic carbocycles. The molecule has 0 N–H and O–H groups in total. The molecule has 1 heterocycles. The monoisotopic (exact) mass is 192 g/mol. The van der Waals surface area contributed by atoms with Crippen LogP contribution < -0.4 is 4.74 Å². The third kappa shape index (κ3) is 1.03. The van der Waals surface area contributed by atoms with Gasteiger partial charge in [-0.3, -0.25) is 0 Å². The van der Waals surface area contributed by atoms with E-state index < -0.39 is 0 Å². The second-order valence-corrected chi connectivity index (χ2v) is 2.89. The van der Waals surface area contributed by atoms with Crippen molar-refractivity contribution in [2.24, 2.45) is 0 Å². The Kier molecular flexibility index (Phi) is 1.91. The molecule has 0 aliphatic rings. The van der Waals surface area contributed by atoms with E-state index in [1.807, 2.05) is 10.8 Å². The Labute approximate surface area is 60.4 Å². The molecule has 0 saturated heterocycles. The van der Waals surface area contributed by atoms with E-state index in [2.05, 4.69) is 15.9 Å². The standard InChI is InChI=1S/C5H5BrOS/c1-7-5-3-8-2-4(5)6/h2-3H,1H3. The SMILES string of the molecule is COc1cscc1Br. The van der Waals surface area contributed by atoms with Gasteiger partial charge in [0, 0.05) is 10.8 Å². The van der Waals surface area contributed by atoms with Crippen molar-refractivity contribution in [2.45, 2.75) is 0 Å². The van der Waals surface area contributed by atoms with Gasteiger partial charge < -0.3 is 4.74 Å². The molecule has 0 amide bonds. The summed E-state index contributed by atoms with van der Waals surface area (Å²) < 4.78 is 5.98. The van der Waals surface area contributed by atoms with Crippen LogP contribution in [0.25, 0.3) is 0 Å². The van der Waals surface area contributed by atoms with E-state index in [1.165, 1.54) is 0 Å². The highest BCUT2D eigenvalue weighted by atomic mass is 79.9. The number of halogens is 1. The van der Waals surface area contributed by atoms with Gasteiger partial charge in [-0.15, -0.1) is 11.3 Å². The lowest BCUT2D eigenvalue weighted by Crippen LogP contribution is -1.77. The van der Waals surface area contributed by atoms with Gasteiger partial charge in [-0.2, -0.15) is 0 Å². The zero-order valence-electron chi connectivity index (χ0n) is 4.35. The Morgan fingerprint density at radius 3 is 2.62 bits per heavy atom. The number of rotatable bonds is 1. The van der Waals surface area contributed by atoms with E-state index in [9.17, 15) is 0 Å². The Bertz CT molecular complexity index is 173. The van der Waals surface area contributed by atoms with Gasteiger partial charge in [0.15, 0.2) is 0 Å². The van der Waals surface area contributed by atoms with Gasteiger partial charge in [0.1, 0.15) is 5.75 Å². The molecule has 0 fully saturated rings. The summed E-state index contributed by atoms with van der Waals surface area (Å²) in [5.74, 6) is 0.912. The Morgan fingerprint density at radius 1 is 1.62 bits per heavy atom. The van der Waals surface area contributed by atoms with Crippen LogP contribution in [-0.4, -0.2) is 7.11 Å². The summed E-state index contributed by atoms with van der Waals surface area (Å²) in [6.07, 6.45) is 0. The van der Waals surface area contributed by atoms with Crippen LogP contribution in [0.2, 0.25) is 0 Å². The Hall–Kier alpha value is -0.0200.